The molecule has 0 aliphatic rings. The van der Waals surface area contributed by atoms with Crippen molar-refractivity contribution in [3.05, 3.63) is 24.8 Å². The smallest absolute Gasteiger partial charge is 0.0121 e. The van der Waals surface area contributed by atoms with Gasteiger partial charge in [-0.1, -0.05) is 45.6 Å². The van der Waals surface area contributed by atoms with E-state index in [-0.39, 0.29) is 0 Å². The molecule has 0 bridgehead atoms. The maximum Gasteiger partial charge on any atom is 0.0121 e. The van der Waals surface area contributed by atoms with Crippen LogP contribution in [0.15, 0.2) is 24.8 Å². The minimum Gasteiger partial charge on any atom is -0.152 e. The van der Waals surface area contributed by atoms with Crippen molar-refractivity contribution in [3.8, 4) is 0 Å². The van der Waals surface area contributed by atoms with E-state index in [4.69, 9.17) is 0 Å². The van der Waals surface area contributed by atoms with Crippen LogP contribution in [-0.4, -0.2) is 10.5 Å². The minimum atomic E-state index is 0.380. The predicted octanol–water partition coefficient (Wildman–Crippen LogP) is 3.26. The number of rotatable bonds is 3. The van der Waals surface area contributed by atoms with Gasteiger partial charge < -0.3 is 0 Å². The second kappa shape index (κ2) is 4.62. The zero-order valence-corrected chi connectivity index (χ0v) is 7.87. The quantitative estimate of drug-likeness (QED) is 0.565. The largest absolute Gasteiger partial charge is 0.152 e. The molecule has 0 spiro atoms. The molecule has 0 atom stereocenters. The molecule has 0 unspecified atom stereocenters. The lowest BCUT2D eigenvalue weighted by molar-refractivity contribution is 0.804. The van der Waals surface area contributed by atoms with Crippen molar-refractivity contribution in [2.75, 3.05) is 5.75 Å². The van der Waals surface area contributed by atoms with E-state index >= 15 is 0 Å². The molecular weight excluding hydrogens is 140 g/mol. The zero-order valence-electron chi connectivity index (χ0n) is 7.05. The number of thioether (sulfide) groups is 1. The van der Waals surface area contributed by atoms with Crippen LogP contribution in [0.2, 0.25) is 0 Å². The van der Waals surface area contributed by atoms with Gasteiger partial charge in [0, 0.05) is 10.5 Å². The van der Waals surface area contributed by atoms with E-state index in [0.29, 0.717) is 4.75 Å². The van der Waals surface area contributed by atoms with Crippen LogP contribution in [0.5, 0.6) is 0 Å². The van der Waals surface area contributed by atoms with Crippen molar-refractivity contribution in [3.63, 3.8) is 0 Å². The fourth-order valence-electron chi connectivity index (χ4n) is 0.450. The third-order valence-electron chi connectivity index (χ3n) is 0.885. The molecule has 0 saturated heterocycles. The van der Waals surface area contributed by atoms with Gasteiger partial charge in [-0.15, -0.1) is 0 Å². The summed E-state index contributed by atoms with van der Waals surface area (Å²) in [6, 6.07) is 0. The summed E-state index contributed by atoms with van der Waals surface area (Å²) in [4.78, 5) is 0. The van der Waals surface area contributed by atoms with Gasteiger partial charge in [-0.2, -0.15) is 11.8 Å². The van der Waals surface area contributed by atoms with E-state index in [0.717, 1.165) is 5.75 Å². The minimum absolute atomic E-state index is 0.380. The lowest BCUT2D eigenvalue weighted by atomic mass is 10.3. The van der Waals surface area contributed by atoms with Crippen LogP contribution in [0.3, 0.4) is 0 Å². The lowest BCUT2D eigenvalue weighted by Crippen LogP contribution is -2.07. The van der Waals surface area contributed by atoms with Gasteiger partial charge in [0.15, 0.2) is 0 Å². The standard InChI is InChI=1S/C9H16S/c1-5-6-7-8-10-9(2,3)4/h5-7H,1,8H2,2-4H3. The molecular formula is C9H16S. The number of allylic oxidation sites excluding steroid dienone is 2. The Morgan fingerprint density at radius 2 is 2.00 bits per heavy atom. The Labute approximate surface area is 68.4 Å². The molecule has 10 heavy (non-hydrogen) atoms. The molecule has 0 aromatic carbocycles. The summed E-state index contributed by atoms with van der Waals surface area (Å²) in [6.07, 6.45) is 5.92. The molecule has 1 heteroatoms. The van der Waals surface area contributed by atoms with E-state index in [1.807, 2.05) is 23.9 Å². The van der Waals surface area contributed by atoms with E-state index in [1.165, 1.54) is 0 Å². The summed E-state index contributed by atoms with van der Waals surface area (Å²) in [5.74, 6) is 1.08. The number of hydrogen-bond acceptors (Lipinski definition) is 1. The van der Waals surface area contributed by atoms with Crippen LogP contribution in [0.25, 0.3) is 0 Å². The highest BCUT2D eigenvalue weighted by Gasteiger charge is 2.07. The van der Waals surface area contributed by atoms with Crippen LogP contribution in [0.4, 0.5) is 0 Å². The SMILES string of the molecule is C=CC=CCSC(C)(C)C. The first-order chi connectivity index (χ1) is 4.56. The summed E-state index contributed by atoms with van der Waals surface area (Å²) in [5.41, 5.74) is 0. The van der Waals surface area contributed by atoms with Gasteiger partial charge in [-0.25, -0.2) is 0 Å². The van der Waals surface area contributed by atoms with Crippen molar-refractivity contribution in [1.82, 2.24) is 0 Å². The number of hydrogen-bond donors (Lipinski definition) is 0. The van der Waals surface area contributed by atoms with Crippen molar-refractivity contribution in [2.45, 2.75) is 25.5 Å². The van der Waals surface area contributed by atoms with E-state index in [2.05, 4.69) is 33.4 Å². The van der Waals surface area contributed by atoms with Crippen molar-refractivity contribution in [1.29, 1.82) is 0 Å². The highest BCUT2D eigenvalue weighted by atomic mass is 32.2. The molecule has 0 aliphatic carbocycles. The molecule has 0 aromatic heterocycles. The molecule has 0 fully saturated rings. The van der Waals surface area contributed by atoms with Crippen molar-refractivity contribution < 1.29 is 0 Å². The molecule has 0 heterocycles. The van der Waals surface area contributed by atoms with Crippen LogP contribution in [0.1, 0.15) is 20.8 Å². The molecule has 0 radical (unpaired) electrons. The Morgan fingerprint density at radius 3 is 2.40 bits per heavy atom. The van der Waals surface area contributed by atoms with Crippen LogP contribution in [0, 0.1) is 0 Å². The van der Waals surface area contributed by atoms with Gasteiger partial charge in [-0.3, -0.25) is 0 Å². The first-order valence-electron chi connectivity index (χ1n) is 3.48. The molecule has 58 valence electrons. The molecule has 0 saturated carbocycles. The highest BCUT2D eigenvalue weighted by Crippen LogP contribution is 2.22. The second-order valence-electron chi connectivity index (χ2n) is 3.09. The zero-order chi connectivity index (χ0) is 8.04. The maximum atomic E-state index is 3.60. The third-order valence-corrected chi connectivity index (χ3v) is 2.11. The summed E-state index contributed by atoms with van der Waals surface area (Å²) < 4.78 is 0.380. The first-order valence-corrected chi connectivity index (χ1v) is 4.46. The van der Waals surface area contributed by atoms with Gasteiger partial charge in [0.25, 0.3) is 0 Å². The Balaban J connectivity index is 3.37. The van der Waals surface area contributed by atoms with E-state index in [1.54, 1.807) is 0 Å². The Bertz CT molecular complexity index is 117. The average molecular weight is 156 g/mol. The average Bonchev–Trinajstić information content (AvgIpc) is 1.78. The third kappa shape index (κ3) is 7.83. The predicted molar refractivity (Wildman–Crippen MR) is 51.5 cm³/mol. The van der Waals surface area contributed by atoms with Gasteiger partial charge >= 0.3 is 0 Å². The second-order valence-corrected chi connectivity index (χ2v) is 4.93. The topological polar surface area (TPSA) is 0 Å². The molecule has 0 aliphatic heterocycles. The Morgan fingerprint density at radius 1 is 1.40 bits per heavy atom. The van der Waals surface area contributed by atoms with Gasteiger partial charge in [0.05, 0.1) is 0 Å². The molecule has 0 N–H and O–H groups in total. The molecule has 0 aromatic rings. The summed E-state index contributed by atoms with van der Waals surface area (Å²) in [6.45, 7) is 10.3. The monoisotopic (exact) mass is 156 g/mol. The molecule has 0 amide bonds. The first kappa shape index (κ1) is 9.83. The molecule has 0 rings (SSSR count). The Kier molecular flexibility index (Phi) is 4.54. The van der Waals surface area contributed by atoms with Gasteiger partial charge in [0.2, 0.25) is 0 Å². The Hall–Kier alpha value is -0.170. The maximum absolute atomic E-state index is 3.60. The van der Waals surface area contributed by atoms with Crippen LogP contribution >= 0.6 is 11.8 Å². The summed E-state index contributed by atoms with van der Waals surface area (Å²) >= 11 is 1.94. The highest BCUT2D eigenvalue weighted by molar-refractivity contribution is 8.00. The fraction of sp³-hybridized carbons (Fsp3) is 0.556. The van der Waals surface area contributed by atoms with Crippen molar-refractivity contribution in [2.24, 2.45) is 0 Å². The molecule has 0 nitrogen and oxygen atoms in total. The normalized spacial score (nSPS) is 12.3. The lowest BCUT2D eigenvalue weighted by Gasteiger charge is -2.15. The van der Waals surface area contributed by atoms with E-state index in [9.17, 15) is 0 Å². The van der Waals surface area contributed by atoms with Crippen molar-refractivity contribution >= 4 is 11.8 Å². The van der Waals surface area contributed by atoms with Gasteiger partial charge in [0.1, 0.15) is 0 Å². The van der Waals surface area contributed by atoms with E-state index < -0.39 is 0 Å². The van der Waals surface area contributed by atoms with Crippen LogP contribution < -0.4 is 0 Å². The van der Waals surface area contributed by atoms with Crippen LogP contribution in [-0.2, 0) is 0 Å². The summed E-state index contributed by atoms with van der Waals surface area (Å²) in [7, 11) is 0. The summed E-state index contributed by atoms with van der Waals surface area (Å²) in [5, 5.41) is 0. The van der Waals surface area contributed by atoms with Gasteiger partial charge in [-0.05, 0) is 0 Å². The fourth-order valence-corrected chi connectivity index (χ4v) is 1.16.